The van der Waals surface area contributed by atoms with E-state index in [9.17, 15) is 9.59 Å². The molecular weight excluding hydrogens is 194 g/mol. The number of carbonyl (C=O) groups excluding carboxylic acids is 2. The van der Waals surface area contributed by atoms with Gasteiger partial charge in [0.2, 0.25) is 6.41 Å². The van der Waals surface area contributed by atoms with E-state index in [2.05, 4.69) is 5.32 Å². The highest BCUT2D eigenvalue weighted by Gasteiger charge is 2.12. The molecule has 80 valence electrons. The van der Waals surface area contributed by atoms with Crippen LogP contribution in [0.5, 0.6) is 0 Å². The van der Waals surface area contributed by atoms with Crippen LogP contribution < -0.4 is 5.32 Å². The van der Waals surface area contributed by atoms with E-state index in [4.69, 9.17) is 4.74 Å². The number of hydrogen-bond acceptors (Lipinski definition) is 3. The molecule has 4 heteroatoms. The lowest BCUT2D eigenvalue weighted by Crippen LogP contribution is -2.34. The molecule has 0 fully saturated rings. The molecular formula is C11H13NO3. The van der Waals surface area contributed by atoms with E-state index in [1.807, 2.05) is 30.3 Å². The summed E-state index contributed by atoms with van der Waals surface area (Å²) >= 11 is 0. The van der Waals surface area contributed by atoms with Crippen LogP contribution in [0.15, 0.2) is 30.3 Å². The molecule has 0 radical (unpaired) electrons. The van der Waals surface area contributed by atoms with Gasteiger partial charge in [0.15, 0.2) is 0 Å². The molecule has 0 aliphatic carbocycles. The molecule has 0 saturated carbocycles. The van der Waals surface area contributed by atoms with Gasteiger partial charge in [-0.05, 0) is 12.5 Å². The van der Waals surface area contributed by atoms with E-state index in [-0.39, 0.29) is 6.61 Å². The van der Waals surface area contributed by atoms with Crippen molar-refractivity contribution in [2.24, 2.45) is 0 Å². The Morgan fingerprint density at radius 2 is 2.13 bits per heavy atom. The van der Waals surface area contributed by atoms with E-state index in [0.717, 1.165) is 5.56 Å². The quantitative estimate of drug-likeness (QED) is 0.575. The Hall–Kier alpha value is -1.84. The van der Waals surface area contributed by atoms with E-state index in [1.54, 1.807) is 6.92 Å². The number of hydrogen-bond donors (Lipinski definition) is 1. The van der Waals surface area contributed by atoms with Crippen molar-refractivity contribution in [1.29, 1.82) is 0 Å². The average molecular weight is 207 g/mol. The molecule has 1 rings (SSSR count). The second kappa shape index (κ2) is 5.80. The van der Waals surface area contributed by atoms with E-state index in [1.165, 1.54) is 0 Å². The summed E-state index contributed by atoms with van der Waals surface area (Å²) in [6, 6.07) is 8.76. The molecule has 1 aromatic carbocycles. The van der Waals surface area contributed by atoms with Gasteiger partial charge in [-0.15, -0.1) is 0 Å². The van der Waals surface area contributed by atoms with Crippen LogP contribution in [0.1, 0.15) is 12.5 Å². The van der Waals surface area contributed by atoms with Gasteiger partial charge >= 0.3 is 5.97 Å². The molecule has 0 aliphatic rings. The molecule has 0 spiro atoms. The van der Waals surface area contributed by atoms with Crippen LogP contribution >= 0.6 is 0 Å². The zero-order valence-electron chi connectivity index (χ0n) is 8.47. The molecule has 1 N–H and O–H groups in total. The maximum Gasteiger partial charge on any atom is 0.328 e. The molecule has 15 heavy (non-hydrogen) atoms. The fourth-order valence-corrected chi connectivity index (χ4v) is 1.02. The van der Waals surface area contributed by atoms with Crippen molar-refractivity contribution in [2.75, 3.05) is 0 Å². The summed E-state index contributed by atoms with van der Waals surface area (Å²) < 4.78 is 4.98. The Morgan fingerprint density at radius 3 is 2.73 bits per heavy atom. The second-order valence-electron chi connectivity index (χ2n) is 3.10. The van der Waals surface area contributed by atoms with Crippen molar-refractivity contribution in [3.05, 3.63) is 35.9 Å². The predicted octanol–water partition coefficient (Wildman–Crippen LogP) is 0.864. The molecule has 4 nitrogen and oxygen atoms in total. The maximum atomic E-state index is 11.3. The van der Waals surface area contributed by atoms with Gasteiger partial charge in [-0.3, -0.25) is 4.79 Å². The van der Waals surface area contributed by atoms with Crippen LogP contribution in [-0.4, -0.2) is 18.4 Å². The number of esters is 1. The van der Waals surface area contributed by atoms with Gasteiger partial charge in [0.25, 0.3) is 0 Å². The minimum atomic E-state index is -0.605. The molecule has 0 unspecified atom stereocenters. The van der Waals surface area contributed by atoms with Crippen LogP contribution in [0.2, 0.25) is 0 Å². The Kier molecular flexibility index (Phi) is 4.34. The van der Waals surface area contributed by atoms with Crippen molar-refractivity contribution in [3.63, 3.8) is 0 Å². The highest BCUT2D eigenvalue weighted by Crippen LogP contribution is 2.01. The standard InChI is InChI=1S/C11H13NO3/c1-9(12-8-13)11(14)15-7-10-5-3-2-4-6-10/h2-6,8-9H,7H2,1H3,(H,12,13)/t9-/m0/s1. The summed E-state index contributed by atoms with van der Waals surface area (Å²) in [4.78, 5) is 21.3. The largest absolute Gasteiger partial charge is 0.459 e. The highest BCUT2D eigenvalue weighted by atomic mass is 16.5. The van der Waals surface area contributed by atoms with Gasteiger partial charge in [0, 0.05) is 0 Å². The Morgan fingerprint density at radius 1 is 1.47 bits per heavy atom. The average Bonchev–Trinajstić information content (AvgIpc) is 2.27. The maximum absolute atomic E-state index is 11.3. The predicted molar refractivity (Wildman–Crippen MR) is 54.9 cm³/mol. The summed E-state index contributed by atoms with van der Waals surface area (Å²) in [5.41, 5.74) is 0.921. The summed E-state index contributed by atoms with van der Waals surface area (Å²) in [6.07, 6.45) is 0.481. The molecule has 1 amide bonds. The van der Waals surface area contributed by atoms with Gasteiger partial charge in [-0.2, -0.15) is 0 Å². The lowest BCUT2D eigenvalue weighted by atomic mass is 10.2. The van der Waals surface area contributed by atoms with E-state index < -0.39 is 12.0 Å². The van der Waals surface area contributed by atoms with Gasteiger partial charge in [0.05, 0.1) is 0 Å². The highest BCUT2D eigenvalue weighted by molar-refractivity contribution is 5.77. The number of benzene rings is 1. The third kappa shape index (κ3) is 3.81. The minimum Gasteiger partial charge on any atom is -0.459 e. The number of nitrogens with one attached hydrogen (secondary N) is 1. The third-order valence-corrected chi connectivity index (χ3v) is 1.90. The van der Waals surface area contributed by atoms with Gasteiger partial charge in [-0.25, -0.2) is 4.79 Å². The molecule has 0 aromatic heterocycles. The SMILES string of the molecule is C[C@H](NC=O)C(=O)OCc1ccccc1. The van der Waals surface area contributed by atoms with Crippen LogP contribution in [0.3, 0.4) is 0 Å². The van der Waals surface area contributed by atoms with Crippen LogP contribution in [0.25, 0.3) is 0 Å². The molecule has 0 bridgehead atoms. The van der Waals surface area contributed by atoms with Crippen LogP contribution in [-0.2, 0) is 20.9 Å². The Labute approximate surface area is 88.2 Å². The zero-order valence-corrected chi connectivity index (χ0v) is 8.47. The third-order valence-electron chi connectivity index (χ3n) is 1.90. The van der Waals surface area contributed by atoms with E-state index >= 15 is 0 Å². The second-order valence-corrected chi connectivity index (χ2v) is 3.10. The van der Waals surface area contributed by atoms with Crippen molar-refractivity contribution in [1.82, 2.24) is 5.32 Å². The topological polar surface area (TPSA) is 55.4 Å². The minimum absolute atomic E-state index is 0.227. The van der Waals surface area contributed by atoms with Crippen molar-refractivity contribution in [3.8, 4) is 0 Å². The van der Waals surface area contributed by atoms with Gasteiger partial charge in [-0.1, -0.05) is 30.3 Å². The van der Waals surface area contributed by atoms with Crippen molar-refractivity contribution in [2.45, 2.75) is 19.6 Å². The number of rotatable bonds is 5. The lowest BCUT2D eigenvalue weighted by Gasteiger charge is -2.09. The molecule has 1 aromatic rings. The van der Waals surface area contributed by atoms with Crippen molar-refractivity contribution < 1.29 is 14.3 Å². The molecule has 0 saturated heterocycles. The molecule has 0 heterocycles. The smallest absolute Gasteiger partial charge is 0.328 e. The number of amides is 1. The van der Waals surface area contributed by atoms with Gasteiger partial charge < -0.3 is 10.1 Å². The number of ether oxygens (including phenoxy) is 1. The molecule has 0 aliphatic heterocycles. The normalized spacial score (nSPS) is 11.5. The first-order valence-electron chi connectivity index (χ1n) is 4.64. The van der Waals surface area contributed by atoms with Crippen molar-refractivity contribution >= 4 is 12.4 Å². The summed E-state index contributed by atoms with van der Waals surface area (Å²) in [7, 11) is 0. The summed E-state index contributed by atoms with van der Waals surface area (Å²) in [5.74, 6) is -0.439. The molecule has 1 atom stereocenters. The first-order valence-corrected chi connectivity index (χ1v) is 4.64. The van der Waals surface area contributed by atoms with E-state index in [0.29, 0.717) is 6.41 Å². The lowest BCUT2D eigenvalue weighted by molar-refractivity contribution is -0.147. The Bertz CT molecular complexity index is 324. The first kappa shape index (κ1) is 11.2. The van der Waals surface area contributed by atoms with Gasteiger partial charge in [0.1, 0.15) is 12.6 Å². The summed E-state index contributed by atoms with van der Waals surface area (Å²) in [5, 5.41) is 2.33. The number of carbonyl (C=O) groups is 2. The fraction of sp³-hybridized carbons (Fsp3) is 0.273. The van der Waals surface area contributed by atoms with Crippen LogP contribution in [0, 0.1) is 0 Å². The first-order chi connectivity index (χ1) is 7.24. The van der Waals surface area contributed by atoms with Crippen LogP contribution in [0.4, 0.5) is 0 Å². The zero-order chi connectivity index (χ0) is 11.1. The summed E-state index contributed by atoms with van der Waals surface area (Å²) in [6.45, 7) is 1.80. The monoisotopic (exact) mass is 207 g/mol. The Balaban J connectivity index is 2.37. The fourth-order valence-electron chi connectivity index (χ4n) is 1.02.